The highest BCUT2D eigenvalue weighted by atomic mass is 16.5. The number of amides is 1. The van der Waals surface area contributed by atoms with E-state index >= 15 is 0 Å². The molecule has 0 radical (unpaired) electrons. The molecule has 3 rings (SSSR count). The molecule has 1 aromatic heterocycles. The van der Waals surface area contributed by atoms with Crippen molar-refractivity contribution in [1.82, 2.24) is 4.57 Å². The second-order valence-electron chi connectivity index (χ2n) is 7.23. The number of hydrogen-bond donors (Lipinski definition) is 0. The number of methoxy groups -OCH3 is 2. The van der Waals surface area contributed by atoms with E-state index in [0.29, 0.717) is 40.9 Å². The van der Waals surface area contributed by atoms with Crippen molar-refractivity contribution in [2.75, 3.05) is 25.7 Å². The number of aromatic nitrogens is 1. The lowest BCUT2D eigenvalue weighted by Crippen LogP contribution is -2.33. The van der Waals surface area contributed by atoms with Crippen molar-refractivity contribution < 1.29 is 14.3 Å². The highest BCUT2D eigenvalue weighted by molar-refractivity contribution is 6.14. The van der Waals surface area contributed by atoms with Gasteiger partial charge in [0.25, 0.3) is 11.5 Å². The normalized spacial score (nSPS) is 10.9. The average Bonchev–Trinajstić information content (AvgIpc) is 2.75. The van der Waals surface area contributed by atoms with Crippen LogP contribution >= 0.6 is 0 Å². The van der Waals surface area contributed by atoms with Gasteiger partial charge >= 0.3 is 0 Å². The summed E-state index contributed by atoms with van der Waals surface area (Å²) < 4.78 is 12.3. The first kappa shape index (κ1) is 21.4. The summed E-state index contributed by atoms with van der Waals surface area (Å²) in [5, 5.41) is 0.980. The molecule has 1 amide bonds. The van der Waals surface area contributed by atoms with Crippen LogP contribution in [0.1, 0.15) is 35.3 Å². The second-order valence-corrected chi connectivity index (χ2v) is 7.23. The molecule has 0 saturated carbocycles. The summed E-state index contributed by atoms with van der Waals surface area (Å²) in [5.74, 6) is 0.768. The fourth-order valence-corrected chi connectivity index (χ4v) is 3.70. The van der Waals surface area contributed by atoms with Crippen molar-refractivity contribution in [1.29, 1.82) is 0 Å². The number of rotatable bonds is 6. The lowest BCUT2D eigenvalue weighted by molar-refractivity contribution is 0.0989. The van der Waals surface area contributed by atoms with Gasteiger partial charge in [-0.15, -0.1) is 0 Å². The summed E-state index contributed by atoms with van der Waals surface area (Å²) in [6.07, 6.45) is 1.65. The molecule has 0 fully saturated rings. The second kappa shape index (κ2) is 8.61. The highest BCUT2D eigenvalue weighted by Crippen LogP contribution is 2.33. The monoisotopic (exact) mass is 408 g/mol. The van der Waals surface area contributed by atoms with Gasteiger partial charge in [0, 0.05) is 30.4 Å². The zero-order valence-electron chi connectivity index (χ0n) is 18.4. The predicted octanol–water partition coefficient (Wildman–Crippen LogP) is 4.32. The maximum absolute atomic E-state index is 13.7. The number of carbonyl (C=O) groups excluding carboxylic acids is 1. The molecule has 2 aromatic carbocycles. The Hall–Kier alpha value is -3.28. The minimum absolute atomic E-state index is 0.161. The molecule has 30 heavy (non-hydrogen) atoms. The number of aryl methyl sites for hydroxylation is 3. The first-order valence-corrected chi connectivity index (χ1v) is 10.0. The first-order valence-electron chi connectivity index (χ1n) is 10.0. The molecule has 0 N–H and O–H groups in total. The molecule has 1 heterocycles. The first-order chi connectivity index (χ1) is 14.4. The van der Waals surface area contributed by atoms with Crippen molar-refractivity contribution in [2.45, 2.75) is 34.2 Å². The third-order valence-electron chi connectivity index (χ3n) is 5.38. The van der Waals surface area contributed by atoms with Gasteiger partial charge in [-0.25, -0.2) is 0 Å². The van der Waals surface area contributed by atoms with Gasteiger partial charge in [-0.1, -0.05) is 12.1 Å². The molecule has 6 heteroatoms. The molecule has 0 aliphatic rings. The Kier molecular flexibility index (Phi) is 6.15. The molecule has 0 spiro atoms. The summed E-state index contributed by atoms with van der Waals surface area (Å²) in [4.78, 5) is 28.4. The third-order valence-corrected chi connectivity index (χ3v) is 5.38. The molecular weight excluding hydrogens is 380 g/mol. The van der Waals surface area contributed by atoms with Crippen LogP contribution < -0.4 is 19.9 Å². The molecule has 0 atom stereocenters. The molecule has 0 bridgehead atoms. The summed E-state index contributed by atoms with van der Waals surface area (Å²) >= 11 is 0. The van der Waals surface area contributed by atoms with Gasteiger partial charge in [-0.2, -0.15) is 0 Å². The Morgan fingerprint density at radius 1 is 1.00 bits per heavy atom. The van der Waals surface area contributed by atoms with E-state index in [1.165, 1.54) is 14.2 Å². The Labute approximate surface area is 176 Å². The van der Waals surface area contributed by atoms with Gasteiger partial charge in [0.15, 0.2) is 11.5 Å². The minimum Gasteiger partial charge on any atom is -0.493 e. The van der Waals surface area contributed by atoms with E-state index in [4.69, 9.17) is 9.47 Å². The van der Waals surface area contributed by atoms with Crippen LogP contribution in [0.5, 0.6) is 11.5 Å². The average molecular weight is 408 g/mol. The van der Waals surface area contributed by atoms with Crippen molar-refractivity contribution in [3.63, 3.8) is 0 Å². The van der Waals surface area contributed by atoms with Gasteiger partial charge < -0.3 is 18.9 Å². The number of ether oxygens (including phenoxy) is 2. The van der Waals surface area contributed by atoms with E-state index in [1.54, 1.807) is 27.8 Å². The lowest BCUT2D eigenvalue weighted by Gasteiger charge is -2.25. The van der Waals surface area contributed by atoms with Crippen molar-refractivity contribution in [3.8, 4) is 11.5 Å². The van der Waals surface area contributed by atoms with Gasteiger partial charge in [-0.3, -0.25) is 9.59 Å². The highest BCUT2D eigenvalue weighted by Gasteiger charge is 2.23. The zero-order valence-corrected chi connectivity index (χ0v) is 18.4. The van der Waals surface area contributed by atoms with E-state index in [9.17, 15) is 9.59 Å². The van der Waals surface area contributed by atoms with Crippen LogP contribution in [-0.4, -0.2) is 31.2 Å². The Morgan fingerprint density at radius 2 is 1.63 bits per heavy atom. The van der Waals surface area contributed by atoms with Crippen LogP contribution in [0.4, 0.5) is 5.69 Å². The van der Waals surface area contributed by atoms with Crippen LogP contribution in [0.3, 0.4) is 0 Å². The number of fused-ring (bicyclic) bond motifs is 1. The van der Waals surface area contributed by atoms with E-state index < -0.39 is 0 Å². The van der Waals surface area contributed by atoms with E-state index in [2.05, 4.69) is 0 Å². The van der Waals surface area contributed by atoms with Gasteiger partial charge in [-0.05, 0) is 57.0 Å². The molecule has 158 valence electrons. The minimum atomic E-state index is -0.167. The summed E-state index contributed by atoms with van der Waals surface area (Å²) in [5.41, 5.74) is 3.25. The van der Waals surface area contributed by atoms with Gasteiger partial charge in [0.2, 0.25) is 0 Å². The molecule has 6 nitrogen and oxygen atoms in total. The lowest BCUT2D eigenvalue weighted by atomic mass is 10.0. The largest absolute Gasteiger partial charge is 0.493 e. The van der Waals surface area contributed by atoms with Crippen LogP contribution in [-0.2, 0) is 6.54 Å². The van der Waals surface area contributed by atoms with Crippen LogP contribution in [0.25, 0.3) is 10.8 Å². The Morgan fingerprint density at radius 3 is 2.20 bits per heavy atom. The van der Waals surface area contributed by atoms with E-state index in [1.807, 2.05) is 45.9 Å². The SMILES string of the molecule is CCN(C(=O)c1cn(CC)c(=O)c2cc(OC)c(OC)cc12)c1cc(C)ccc1C. The molecule has 0 aliphatic heterocycles. The zero-order chi connectivity index (χ0) is 22.0. The number of nitrogens with zero attached hydrogens (tertiary/aromatic N) is 2. The Balaban J connectivity index is 2.30. The van der Waals surface area contributed by atoms with Crippen LogP contribution in [0, 0.1) is 13.8 Å². The number of hydrogen-bond acceptors (Lipinski definition) is 4. The molecule has 0 unspecified atom stereocenters. The quantitative estimate of drug-likeness (QED) is 0.609. The maximum Gasteiger partial charge on any atom is 0.260 e. The van der Waals surface area contributed by atoms with E-state index in [-0.39, 0.29) is 11.5 Å². The van der Waals surface area contributed by atoms with Crippen molar-refractivity contribution in [2.24, 2.45) is 0 Å². The van der Waals surface area contributed by atoms with Crippen molar-refractivity contribution >= 4 is 22.4 Å². The number of anilines is 1. The fourth-order valence-electron chi connectivity index (χ4n) is 3.70. The number of carbonyl (C=O) groups is 1. The van der Waals surface area contributed by atoms with Crippen molar-refractivity contribution in [3.05, 3.63) is 63.6 Å². The fraction of sp³-hybridized carbons (Fsp3) is 0.333. The Bertz CT molecular complexity index is 1160. The molecule has 0 saturated heterocycles. The summed E-state index contributed by atoms with van der Waals surface area (Å²) in [6, 6.07) is 9.41. The van der Waals surface area contributed by atoms with E-state index in [0.717, 1.165) is 16.8 Å². The van der Waals surface area contributed by atoms with Crippen LogP contribution in [0.15, 0.2) is 41.3 Å². The topological polar surface area (TPSA) is 60.8 Å². The maximum atomic E-state index is 13.7. The van der Waals surface area contributed by atoms with Gasteiger partial charge in [0.05, 0.1) is 25.2 Å². The number of pyridine rings is 1. The molecule has 3 aromatic rings. The van der Waals surface area contributed by atoms with Crippen LogP contribution in [0.2, 0.25) is 0 Å². The summed E-state index contributed by atoms with van der Waals surface area (Å²) in [6.45, 7) is 8.78. The molecular formula is C24H28N2O4. The third kappa shape index (κ3) is 3.65. The standard InChI is InChI=1S/C24H28N2O4/c1-7-25-14-19(17-12-21(29-5)22(30-6)13-18(17)23(25)27)24(28)26(8-2)20-11-15(3)9-10-16(20)4/h9-14H,7-8H2,1-6H3. The smallest absolute Gasteiger partial charge is 0.260 e. The predicted molar refractivity (Wildman–Crippen MR) is 120 cm³/mol. The summed E-state index contributed by atoms with van der Waals surface area (Å²) in [7, 11) is 3.06. The number of benzene rings is 2. The molecule has 0 aliphatic carbocycles. The van der Waals surface area contributed by atoms with Gasteiger partial charge in [0.1, 0.15) is 0 Å².